The van der Waals surface area contributed by atoms with Gasteiger partial charge in [0.25, 0.3) is 0 Å². The van der Waals surface area contributed by atoms with Crippen LogP contribution in [-0.4, -0.2) is 11.1 Å². The van der Waals surface area contributed by atoms with Crippen LogP contribution in [0, 0.1) is 12.7 Å². The van der Waals surface area contributed by atoms with Crippen LogP contribution in [0.3, 0.4) is 0 Å². The number of rotatable bonds is 3. The van der Waals surface area contributed by atoms with Gasteiger partial charge in [0.1, 0.15) is 11.6 Å². The van der Waals surface area contributed by atoms with Gasteiger partial charge in [-0.05, 0) is 28.9 Å². The summed E-state index contributed by atoms with van der Waals surface area (Å²) in [5.41, 5.74) is 0.719. The summed E-state index contributed by atoms with van der Waals surface area (Å²) in [6.45, 7) is 1.73. The molecule has 1 heterocycles. The van der Waals surface area contributed by atoms with E-state index in [0.717, 1.165) is 6.07 Å². The second kappa shape index (κ2) is 5.71. The van der Waals surface area contributed by atoms with E-state index in [1.807, 2.05) is 0 Å². The van der Waals surface area contributed by atoms with Crippen LogP contribution in [0.15, 0.2) is 27.2 Å². The van der Waals surface area contributed by atoms with Crippen LogP contribution in [0.1, 0.15) is 11.5 Å². The van der Waals surface area contributed by atoms with Gasteiger partial charge in [-0.1, -0.05) is 16.8 Å². The molecule has 0 fully saturated rings. The van der Waals surface area contributed by atoms with E-state index in [2.05, 4.69) is 26.4 Å². The molecule has 0 atom stereocenters. The maximum atomic E-state index is 13.4. The van der Waals surface area contributed by atoms with Gasteiger partial charge in [0.05, 0.1) is 27.3 Å². The topological polar surface area (TPSA) is 55.1 Å². The number of halogens is 3. The molecule has 0 bridgehead atoms. The highest BCUT2D eigenvalue weighted by molar-refractivity contribution is 9.10. The van der Waals surface area contributed by atoms with Gasteiger partial charge in [-0.15, -0.1) is 0 Å². The average Bonchev–Trinajstić information content (AvgIpc) is 2.71. The SMILES string of the molecule is Cc1cc(CC(=O)Nc2cc(F)c(Br)cc2Cl)no1. The molecule has 7 heteroatoms. The minimum Gasteiger partial charge on any atom is -0.361 e. The molecule has 0 aliphatic heterocycles. The zero-order valence-electron chi connectivity index (χ0n) is 9.84. The first-order valence-corrected chi connectivity index (χ1v) is 6.49. The van der Waals surface area contributed by atoms with E-state index in [1.165, 1.54) is 6.07 Å². The predicted molar refractivity (Wildman–Crippen MR) is 72.7 cm³/mol. The number of nitrogens with zero attached hydrogens (tertiary/aromatic N) is 1. The van der Waals surface area contributed by atoms with Crippen molar-refractivity contribution in [3.63, 3.8) is 0 Å². The third kappa shape index (κ3) is 3.54. The van der Waals surface area contributed by atoms with Crippen molar-refractivity contribution < 1.29 is 13.7 Å². The van der Waals surface area contributed by atoms with E-state index in [-0.39, 0.29) is 27.5 Å². The minimum atomic E-state index is -0.503. The molecular formula is C12H9BrClFN2O2. The summed E-state index contributed by atoms with van der Waals surface area (Å²) in [7, 11) is 0. The van der Waals surface area contributed by atoms with Crippen molar-refractivity contribution in [1.82, 2.24) is 5.16 Å². The molecule has 1 aromatic heterocycles. The van der Waals surface area contributed by atoms with Crippen molar-refractivity contribution in [3.8, 4) is 0 Å². The minimum absolute atomic E-state index is 0.0331. The van der Waals surface area contributed by atoms with Crippen LogP contribution in [0.5, 0.6) is 0 Å². The Hall–Kier alpha value is -1.40. The van der Waals surface area contributed by atoms with Crippen molar-refractivity contribution in [2.45, 2.75) is 13.3 Å². The first-order chi connectivity index (χ1) is 8.95. The number of amides is 1. The standard InChI is InChI=1S/C12H9BrClFN2O2/c1-6-2-7(17-19-6)3-12(18)16-11-5-10(15)8(13)4-9(11)14/h2,4-5H,3H2,1H3,(H,16,18). The Labute approximate surface area is 122 Å². The summed E-state index contributed by atoms with van der Waals surface area (Å²) in [5, 5.41) is 6.47. The molecule has 0 aliphatic rings. The summed E-state index contributed by atoms with van der Waals surface area (Å²) < 4.78 is 18.4. The van der Waals surface area contributed by atoms with Crippen LogP contribution in [0.25, 0.3) is 0 Å². The molecule has 0 aliphatic carbocycles. The van der Waals surface area contributed by atoms with Gasteiger partial charge in [0.2, 0.25) is 5.91 Å². The fourth-order valence-electron chi connectivity index (χ4n) is 1.48. The first-order valence-electron chi connectivity index (χ1n) is 5.32. The predicted octanol–water partition coefficient (Wildman–Crippen LogP) is 3.72. The Morgan fingerprint density at radius 3 is 2.89 bits per heavy atom. The lowest BCUT2D eigenvalue weighted by Gasteiger charge is -2.07. The Morgan fingerprint density at radius 1 is 1.53 bits per heavy atom. The zero-order chi connectivity index (χ0) is 14.0. The molecule has 2 rings (SSSR count). The molecule has 1 N–H and O–H groups in total. The second-order valence-corrected chi connectivity index (χ2v) is 5.16. The second-order valence-electron chi connectivity index (χ2n) is 3.90. The Morgan fingerprint density at radius 2 is 2.26 bits per heavy atom. The van der Waals surface area contributed by atoms with Gasteiger partial charge in [-0.25, -0.2) is 4.39 Å². The van der Waals surface area contributed by atoms with Gasteiger partial charge < -0.3 is 9.84 Å². The number of aryl methyl sites for hydroxylation is 1. The fraction of sp³-hybridized carbons (Fsp3) is 0.167. The average molecular weight is 348 g/mol. The normalized spacial score (nSPS) is 10.5. The number of carbonyl (C=O) groups is 1. The summed E-state index contributed by atoms with van der Waals surface area (Å²) >= 11 is 8.92. The molecule has 1 amide bonds. The molecule has 0 saturated carbocycles. The number of hydrogen-bond donors (Lipinski definition) is 1. The largest absolute Gasteiger partial charge is 0.361 e. The van der Waals surface area contributed by atoms with Crippen molar-refractivity contribution >= 4 is 39.1 Å². The third-order valence-electron chi connectivity index (χ3n) is 2.30. The van der Waals surface area contributed by atoms with E-state index in [1.54, 1.807) is 13.0 Å². The highest BCUT2D eigenvalue weighted by atomic mass is 79.9. The van der Waals surface area contributed by atoms with Crippen LogP contribution >= 0.6 is 27.5 Å². The van der Waals surface area contributed by atoms with E-state index < -0.39 is 5.82 Å². The quantitative estimate of drug-likeness (QED) is 0.861. The summed E-state index contributed by atoms with van der Waals surface area (Å²) in [4.78, 5) is 11.8. The lowest BCUT2D eigenvalue weighted by Crippen LogP contribution is -2.15. The number of benzene rings is 1. The maximum absolute atomic E-state index is 13.4. The van der Waals surface area contributed by atoms with Gasteiger partial charge in [-0.3, -0.25) is 4.79 Å². The third-order valence-corrected chi connectivity index (χ3v) is 3.22. The molecule has 0 saturated heterocycles. The molecule has 100 valence electrons. The van der Waals surface area contributed by atoms with Crippen LogP contribution < -0.4 is 5.32 Å². The molecule has 19 heavy (non-hydrogen) atoms. The Bertz CT molecular complexity index is 630. The van der Waals surface area contributed by atoms with Gasteiger partial charge in [0, 0.05) is 12.1 Å². The Kier molecular flexibility index (Phi) is 4.21. The molecule has 0 radical (unpaired) electrons. The van der Waals surface area contributed by atoms with Crippen LogP contribution in [0.2, 0.25) is 5.02 Å². The molecule has 0 spiro atoms. The maximum Gasteiger partial charge on any atom is 0.230 e. The highest BCUT2D eigenvalue weighted by Crippen LogP contribution is 2.28. The molecule has 0 unspecified atom stereocenters. The Balaban J connectivity index is 2.09. The molecule has 1 aromatic carbocycles. The monoisotopic (exact) mass is 346 g/mol. The zero-order valence-corrected chi connectivity index (χ0v) is 12.2. The van der Waals surface area contributed by atoms with Crippen LogP contribution in [0.4, 0.5) is 10.1 Å². The smallest absolute Gasteiger partial charge is 0.230 e. The lowest BCUT2D eigenvalue weighted by molar-refractivity contribution is -0.115. The van der Waals surface area contributed by atoms with Crippen molar-refractivity contribution in [2.75, 3.05) is 5.32 Å². The lowest BCUT2D eigenvalue weighted by atomic mass is 10.2. The molecular weight excluding hydrogens is 338 g/mol. The summed E-state index contributed by atoms with van der Waals surface area (Å²) in [5.74, 6) is -0.232. The van der Waals surface area contributed by atoms with E-state index in [0.29, 0.717) is 11.5 Å². The first kappa shape index (κ1) is 14.0. The van der Waals surface area contributed by atoms with Crippen molar-refractivity contribution in [2.24, 2.45) is 0 Å². The summed E-state index contributed by atoms with van der Waals surface area (Å²) in [6.07, 6.45) is 0.0331. The van der Waals surface area contributed by atoms with E-state index >= 15 is 0 Å². The fourth-order valence-corrected chi connectivity index (χ4v) is 2.16. The number of anilines is 1. The van der Waals surface area contributed by atoms with Crippen molar-refractivity contribution in [3.05, 3.63) is 45.0 Å². The van der Waals surface area contributed by atoms with Crippen LogP contribution in [-0.2, 0) is 11.2 Å². The number of hydrogen-bond acceptors (Lipinski definition) is 3. The molecule has 4 nitrogen and oxygen atoms in total. The highest BCUT2D eigenvalue weighted by Gasteiger charge is 2.12. The molecule has 2 aromatic rings. The number of nitrogens with one attached hydrogen (secondary N) is 1. The van der Waals surface area contributed by atoms with Crippen molar-refractivity contribution in [1.29, 1.82) is 0 Å². The number of aromatic nitrogens is 1. The van der Waals surface area contributed by atoms with E-state index in [9.17, 15) is 9.18 Å². The van der Waals surface area contributed by atoms with E-state index in [4.69, 9.17) is 16.1 Å². The van der Waals surface area contributed by atoms with Gasteiger partial charge >= 0.3 is 0 Å². The van der Waals surface area contributed by atoms with Gasteiger partial charge in [0.15, 0.2) is 0 Å². The number of carbonyl (C=O) groups excluding carboxylic acids is 1. The summed E-state index contributed by atoms with van der Waals surface area (Å²) in [6, 6.07) is 4.19. The van der Waals surface area contributed by atoms with Gasteiger partial charge in [-0.2, -0.15) is 0 Å².